The van der Waals surface area contributed by atoms with Gasteiger partial charge in [-0.2, -0.15) is 0 Å². The van der Waals surface area contributed by atoms with Gasteiger partial charge >= 0.3 is 0 Å². The van der Waals surface area contributed by atoms with Crippen molar-refractivity contribution >= 4 is 17.7 Å². The molecule has 102 valence electrons. The van der Waals surface area contributed by atoms with Crippen LogP contribution in [0.1, 0.15) is 36.5 Å². The van der Waals surface area contributed by atoms with Crippen LogP contribution in [0.2, 0.25) is 0 Å². The standard InChI is InChI=1S/C14H18N2O3/c1-2-3-11-6-7-15(9-11)13-5-4-12(10-17)8-14(13)16(18)19/h4-5,8,10-11H,2-3,6-7,9H2,1H3. The van der Waals surface area contributed by atoms with Crippen molar-refractivity contribution < 1.29 is 9.72 Å². The molecule has 0 aromatic heterocycles. The molecule has 1 heterocycles. The van der Waals surface area contributed by atoms with Crippen molar-refractivity contribution in [2.75, 3.05) is 18.0 Å². The molecule has 1 aromatic rings. The van der Waals surface area contributed by atoms with E-state index < -0.39 is 4.92 Å². The topological polar surface area (TPSA) is 63.5 Å². The maximum absolute atomic E-state index is 11.1. The normalized spacial score (nSPS) is 18.6. The molecule has 19 heavy (non-hydrogen) atoms. The molecular formula is C14H18N2O3. The lowest BCUT2D eigenvalue weighted by Crippen LogP contribution is -2.20. The Balaban J connectivity index is 2.25. The second-order valence-electron chi connectivity index (χ2n) is 5.01. The van der Waals surface area contributed by atoms with Gasteiger partial charge < -0.3 is 4.90 Å². The number of carbonyl (C=O) groups excluding carboxylic acids is 1. The summed E-state index contributed by atoms with van der Waals surface area (Å²) in [6.45, 7) is 3.88. The summed E-state index contributed by atoms with van der Waals surface area (Å²) in [5.74, 6) is 0.621. The Hall–Kier alpha value is -1.91. The Morgan fingerprint density at radius 1 is 1.53 bits per heavy atom. The molecule has 1 unspecified atom stereocenters. The largest absolute Gasteiger partial charge is 0.366 e. The molecule has 2 rings (SSSR count). The summed E-state index contributed by atoms with van der Waals surface area (Å²) in [6, 6.07) is 4.69. The van der Waals surface area contributed by atoms with Gasteiger partial charge in [-0.25, -0.2) is 0 Å². The van der Waals surface area contributed by atoms with E-state index in [1.165, 1.54) is 6.07 Å². The van der Waals surface area contributed by atoms with Gasteiger partial charge in [0, 0.05) is 24.7 Å². The first-order chi connectivity index (χ1) is 9.15. The van der Waals surface area contributed by atoms with Gasteiger partial charge in [0.1, 0.15) is 12.0 Å². The van der Waals surface area contributed by atoms with Crippen LogP contribution in [0.15, 0.2) is 18.2 Å². The number of rotatable bonds is 5. The summed E-state index contributed by atoms with van der Waals surface area (Å²) < 4.78 is 0. The molecule has 5 nitrogen and oxygen atoms in total. The molecule has 0 spiro atoms. The molecule has 1 saturated heterocycles. The predicted octanol–water partition coefficient (Wildman–Crippen LogP) is 3.03. The maximum Gasteiger partial charge on any atom is 0.293 e. The number of nitrogens with zero attached hydrogens (tertiary/aromatic N) is 2. The highest BCUT2D eigenvalue weighted by atomic mass is 16.6. The number of hydrogen-bond acceptors (Lipinski definition) is 4. The SMILES string of the molecule is CCCC1CCN(c2ccc(C=O)cc2[N+](=O)[O-])C1. The van der Waals surface area contributed by atoms with Crippen LogP contribution in [0.4, 0.5) is 11.4 Å². The van der Waals surface area contributed by atoms with Gasteiger partial charge in [0.15, 0.2) is 0 Å². The Labute approximate surface area is 112 Å². The first kappa shape index (κ1) is 13.5. The second-order valence-corrected chi connectivity index (χ2v) is 5.01. The van der Waals surface area contributed by atoms with Gasteiger partial charge in [0.2, 0.25) is 0 Å². The molecule has 1 fully saturated rings. The lowest BCUT2D eigenvalue weighted by atomic mass is 10.0. The highest BCUT2D eigenvalue weighted by Gasteiger charge is 2.27. The van der Waals surface area contributed by atoms with Crippen LogP contribution in [0, 0.1) is 16.0 Å². The monoisotopic (exact) mass is 262 g/mol. The van der Waals surface area contributed by atoms with E-state index in [-0.39, 0.29) is 5.69 Å². The van der Waals surface area contributed by atoms with Crippen molar-refractivity contribution in [3.63, 3.8) is 0 Å². The van der Waals surface area contributed by atoms with Crippen LogP contribution in [0.3, 0.4) is 0 Å². The van der Waals surface area contributed by atoms with Crippen molar-refractivity contribution in [3.05, 3.63) is 33.9 Å². The third-order valence-electron chi connectivity index (χ3n) is 3.66. The van der Waals surface area contributed by atoms with E-state index in [1.54, 1.807) is 12.1 Å². The Morgan fingerprint density at radius 3 is 2.95 bits per heavy atom. The Morgan fingerprint density at radius 2 is 2.32 bits per heavy atom. The zero-order valence-corrected chi connectivity index (χ0v) is 11.0. The average Bonchev–Trinajstić information content (AvgIpc) is 2.87. The molecule has 0 saturated carbocycles. The van der Waals surface area contributed by atoms with Crippen LogP contribution in [-0.4, -0.2) is 24.3 Å². The molecule has 0 N–H and O–H groups in total. The van der Waals surface area contributed by atoms with E-state index in [0.29, 0.717) is 23.5 Å². The fourth-order valence-electron chi connectivity index (χ4n) is 2.72. The quantitative estimate of drug-likeness (QED) is 0.465. The summed E-state index contributed by atoms with van der Waals surface area (Å²) in [4.78, 5) is 23.5. The zero-order chi connectivity index (χ0) is 13.8. The van der Waals surface area contributed by atoms with E-state index in [9.17, 15) is 14.9 Å². The van der Waals surface area contributed by atoms with Crippen molar-refractivity contribution in [1.29, 1.82) is 0 Å². The smallest absolute Gasteiger partial charge is 0.293 e. The average molecular weight is 262 g/mol. The second kappa shape index (κ2) is 5.82. The summed E-state index contributed by atoms with van der Waals surface area (Å²) in [5, 5.41) is 11.1. The molecule has 0 radical (unpaired) electrons. The minimum atomic E-state index is -0.407. The van der Waals surface area contributed by atoms with Crippen molar-refractivity contribution in [1.82, 2.24) is 0 Å². The molecule has 5 heteroatoms. The molecule has 0 amide bonds. The third-order valence-corrected chi connectivity index (χ3v) is 3.66. The fourth-order valence-corrected chi connectivity index (χ4v) is 2.72. The summed E-state index contributed by atoms with van der Waals surface area (Å²) in [7, 11) is 0. The van der Waals surface area contributed by atoms with Crippen LogP contribution >= 0.6 is 0 Å². The number of nitro groups is 1. The van der Waals surface area contributed by atoms with Gasteiger partial charge in [0.05, 0.1) is 4.92 Å². The number of aldehydes is 1. The van der Waals surface area contributed by atoms with Crippen LogP contribution in [0.25, 0.3) is 0 Å². The van der Waals surface area contributed by atoms with E-state index >= 15 is 0 Å². The fraction of sp³-hybridized carbons (Fsp3) is 0.500. The highest BCUT2D eigenvalue weighted by molar-refractivity contribution is 5.79. The number of nitro benzene ring substituents is 1. The maximum atomic E-state index is 11.1. The number of benzene rings is 1. The van der Waals surface area contributed by atoms with Gasteiger partial charge in [0.25, 0.3) is 5.69 Å². The minimum absolute atomic E-state index is 0.0294. The summed E-state index contributed by atoms with van der Waals surface area (Å²) >= 11 is 0. The van der Waals surface area contributed by atoms with Gasteiger partial charge in [-0.1, -0.05) is 13.3 Å². The Bertz CT molecular complexity index is 488. The number of hydrogen-bond donors (Lipinski definition) is 0. The summed E-state index contributed by atoms with van der Waals surface area (Å²) in [5.41, 5.74) is 1.01. The molecular weight excluding hydrogens is 244 g/mol. The van der Waals surface area contributed by atoms with Gasteiger partial charge in [-0.15, -0.1) is 0 Å². The van der Waals surface area contributed by atoms with Gasteiger partial charge in [-0.05, 0) is 30.9 Å². The molecule has 1 aliphatic rings. The van der Waals surface area contributed by atoms with E-state index in [1.807, 2.05) is 0 Å². The molecule has 1 atom stereocenters. The third kappa shape index (κ3) is 2.92. The molecule has 0 aliphatic carbocycles. The minimum Gasteiger partial charge on any atom is -0.366 e. The van der Waals surface area contributed by atoms with E-state index in [2.05, 4.69) is 11.8 Å². The van der Waals surface area contributed by atoms with Crippen LogP contribution < -0.4 is 4.90 Å². The molecule has 0 bridgehead atoms. The van der Waals surface area contributed by atoms with E-state index in [4.69, 9.17) is 0 Å². The van der Waals surface area contributed by atoms with Crippen molar-refractivity contribution in [2.45, 2.75) is 26.2 Å². The van der Waals surface area contributed by atoms with Crippen LogP contribution in [0.5, 0.6) is 0 Å². The highest BCUT2D eigenvalue weighted by Crippen LogP contribution is 2.33. The number of anilines is 1. The van der Waals surface area contributed by atoms with Crippen molar-refractivity contribution in [3.8, 4) is 0 Å². The van der Waals surface area contributed by atoms with E-state index in [0.717, 1.165) is 32.4 Å². The first-order valence-electron chi connectivity index (χ1n) is 6.64. The number of carbonyl (C=O) groups is 1. The lowest BCUT2D eigenvalue weighted by molar-refractivity contribution is -0.384. The zero-order valence-electron chi connectivity index (χ0n) is 11.0. The van der Waals surface area contributed by atoms with Crippen molar-refractivity contribution in [2.24, 2.45) is 5.92 Å². The lowest BCUT2D eigenvalue weighted by Gasteiger charge is -2.18. The van der Waals surface area contributed by atoms with Crippen LogP contribution in [-0.2, 0) is 0 Å². The molecule has 1 aromatic carbocycles. The summed E-state index contributed by atoms with van der Waals surface area (Å²) in [6.07, 6.45) is 4.03. The van der Waals surface area contributed by atoms with Gasteiger partial charge in [-0.3, -0.25) is 14.9 Å². The Kier molecular flexibility index (Phi) is 4.14. The predicted molar refractivity (Wildman–Crippen MR) is 73.7 cm³/mol. The molecule has 1 aliphatic heterocycles. The first-order valence-corrected chi connectivity index (χ1v) is 6.64.